The summed E-state index contributed by atoms with van der Waals surface area (Å²) in [5, 5.41) is 3.02. The number of aryl methyl sites for hydroxylation is 1. The van der Waals surface area contributed by atoms with Gasteiger partial charge >= 0.3 is 0 Å². The molecule has 5 heteroatoms. The van der Waals surface area contributed by atoms with Gasteiger partial charge in [0.15, 0.2) is 0 Å². The van der Waals surface area contributed by atoms with Crippen LogP contribution in [-0.4, -0.2) is 30.2 Å². The number of carbonyl (C=O) groups excluding carboxylic acids is 1. The number of nitrogens with zero attached hydrogens (tertiary/aromatic N) is 2. The van der Waals surface area contributed by atoms with Crippen LogP contribution in [0.5, 0.6) is 0 Å². The van der Waals surface area contributed by atoms with E-state index in [-0.39, 0.29) is 11.2 Å². The molecule has 23 heavy (non-hydrogen) atoms. The lowest BCUT2D eigenvalue weighted by Gasteiger charge is -2.17. The van der Waals surface area contributed by atoms with Gasteiger partial charge < -0.3 is 10.2 Å². The second-order valence-electron chi connectivity index (χ2n) is 6.02. The van der Waals surface area contributed by atoms with Gasteiger partial charge in [0.2, 0.25) is 5.91 Å². The van der Waals surface area contributed by atoms with E-state index in [4.69, 9.17) is 0 Å². The lowest BCUT2D eigenvalue weighted by Crippen LogP contribution is -2.32. The number of pyridine rings is 1. The molecule has 0 saturated heterocycles. The van der Waals surface area contributed by atoms with Gasteiger partial charge in [0, 0.05) is 37.3 Å². The summed E-state index contributed by atoms with van der Waals surface area (Å²) in [4.78, 5) is 20.1. The van der Waals surface area contributed by atoms with E-state index in [9.17, 15) is 4.79 Å². The molecule has 2 heterocycles. The number of rotatable bonds is 4. The third-order valence-electron chi connectivity index (χ3n) is 3.93. The molecule has 0 spiro atoms. The Morgan fingerprint density at radius 1 is 1.39 bits per heavy atom. The highest BCUT2D eigenvalue weighted by Gasteiger charge is 2.28. The van der Waals surface area contributed by atoms with E-state index in [1.54, 1.807) is 18.0 Å². The Morgan fingerprint density at radius 3 is 3.00 bits per heavy atom. The minimum Gasteiger partial charge on any atom is -0.362 e. The van der Waals surface area contributed by atoms with E-state index in [2.05, 4.69) is 35.4 Å². The first-order valence-corrected chi connectivity index (χ1v) is 8.57. The van der Waals surface area contributed by atoms with Gasteiger partial charge in [-0.05, 0) is 31.0 Å². The van der Waals surface area contributed by atoms with Gasteiger partial charge in [-0.25, -0.2) is 4.98 Å². The molecule has 3 rings (SSSR count). The maximum atomic E-state index is 12.5. The van der Waals surface area contributed by atoms with Crippen molar-refractivity contribution < 1.29 is 4.79 Å². The molecule has 0 fully saturated rings. The summed E-state index contributed by atoms with van der Waals surface area (Å²) in [5.74, 6) is 0.989. The highest BCUT2D eigenvalue weighted by atomic mass is 32.2. The van der Waals surface area contributed by atoms with Crippen molar-refractivity contribution in [1.29, 1.82) is 0 Å². The Balaban J connectivity index is 1.63. The molecular weight excluding hydrogens is 306 g/mol. The topological polar surface area (TPSA) is 45.2 Å². The zero-order valence-electron chi connectivity index (χ0n) is 13.7. The number of thioether (sulfide) groups is 1. The van der Waals surface area contributed by atoms with Crippen molar-refractivity contribution in [2.45, 2.75) is 30.0 Å². The van der Waals surface area contributed by atoms with Crippen molar-refractivity contribution in [2.24, 2.45) is 0 Å². The van der Waals surface area contributed by atoms with E-state index in [1.165, 1.54) is 16.0 Å². The number of aromatic nitrogens is 1. The van der Waals surface area contributed by atoms with Crippen LogP contribution in [0.1, 0.15) is 16.7 Å². The maximum Gasteiger partial charge on any atom is 0.234 e. The van der Waals surface area contributed by atoms with E-state index >= 15 is 0 Å². The minimum atomic E-state index is -0.0359. The normalized spacial score (nSPS) is 16.0. The van der Waals surface area contributed by atoms with Crippen molar-refractivity contribution >= 4 is 23.5 Å². The lowest BCUT2D eigenvalue weighted by atomic mass is 10.1. The van der Waals surface area contributed by atoms with Crippen LogP contribution in [0.15, 0.2) is 41.4 Å². The molecule has 1 aromatic carbocycles. The SMILES string of the molecule is Cc1ccc2c(c1)S[C@@H](C(=O)NCc1cccnc1N(C)C)C2. The van der Waals surface area contributed by atoms with Gasteiger partial charge in [0.05, 0.1) is 5.25 Å². The van der Waals surface area contributed by atoms with Crippen molar-refractivity contribution in [3.05, 3.63) is 53.2 Å². The maximum absolute atomic E-state index is 12.5. The van der Waals surface area contributed by atoms with Gasteiger partial charge in [-0.1, -0.05) is 23.8 Å². The molecule has 1 aromatic heterocycles. The first kappa shape index (κ1) is 15.9. The fourth-order valence-electron chi connectivity index (χ4n) is 2.75. The van der Waals surface area contributed by atoms with Crippen LogP contribution < -0.4 is 10.2 Å². The third-order valence-corrected chi connectivity index (χ3v) is 5.23. The van der Waals surface area contributed by atoms with E-state index in [0.29, 0.717) is 6.54 Å². The van der Waals surface area contributed by atoms with Crippen molar-refractivity contribution in [3.8, 4) is 0 Å². The molecule has 2 aromatic rings. The Bertz CT molecular complexity index is 730. The average Bonchev–Trinajstić information content (AvgIpc) is 2.95. The Hall–Kier alpha value is -2.01. The number of amides is 1. The number of nitrogens with one attached hydrogen (secondary N) is 1. The van der Waals surface area contributed by atoms with Gasteiger partial charge in [-0.3, -0.25) is 4.79 Å². The molecule has 120 valence electrons. The molecule has 1 amide bonds. The zero-order valence-corrected chi connectivity index (χ0v) is 14.5. The molecular formula is C18H21N3OS. The smallest absolute Gasteiger partial charge is 0.234 e. The highest BCUT2D eigenvalue weighted by molar-refractivity contribution is 8.01. The molecule has 0 aliphatic carbocycles. The summed E-state index contributed by atoms with van der Waals surface area (Å²) in [7, 11) is 3.92. The second-order valence-corrected chi connectivity index (χ2v) is 7.26. The number of hydrogen-bond acceptors (Lipinski definition) is 4. The van der Waals surface area contributed by atoms with Crippen LogP contribution >= 0.6 is 11.8 Å². The van der Waals surface area contributed by atoms with E-state index in [0.717, 1.165) is 17.8 Å². The summed E-state index contributed by atoms with van der Waals surface area (Å²) in [6.07, 6.45) is 2.58. The van der Waals surface area contributed by atoms with Gasteiger partial charge in [-0.15, -0.1) is 11.8 Å². The fraction of sp³-hybridized carbons (Fsp3) is 0.333. The van der Waals surface area contributed by atoms with Crippen LogP contribution in [0.2, 0.25) is 0 Å². The Morgan fingerprint density at radius 2 is 2.22 bits per heavy atom. The molecule has 1 atom stereocenters. The number of benzene rings is 1. The number of carbonyl (C=O) groups is 1. The summed E-state index contributed by atoms with van der Waals surface area (Å²) >= 11 is 1.67. The molecule has 0 saturated carbocycles. The van der Waals surface area contributed by atoms with Crippen LogP contribution in [0, 0.1) is 6.92 Å². The number of fused-ring (bicyclic) bond motifs is 1. The van der Waals surface area contributed by atoms with Crippen LogP contribution in [0.4, 0.5) is 5.82 Å². The molecule has 4 nitrogen and oxygen atoms in total. The summed E-state index contributed by atoms with van der Waals surface area (Å²) in [5.41, 5.74) is 3.54. The molecule has 0 unspecified atom stereocenters. The van der Waals surface area contributed by atoms with Gasteiger partial charge in [-0.2, -0.15) is 0 Å². The summed E-state index contributed by atoms with van der Waals surface area (Å²) in [6, 6.07) is 10.3. The molecule has 0 radical (unpaired) electrons. The first-order chi connectivity index (χ1) is 11.0. The van der Waals surface area contributed by atoms with Crippen LogP contribution in [-0.2, 0) is 17.8 Å². The third kappa shape index (κ3) is 3.50. The summed E-state index contributed by atoms with van der Waals surface area (Å²) < 4.78 is 0. The first-order valence-electron chi connectivity index (χ1n) is 7.69. The predicted molar refractivity (Wildman–Crippen MR) is 94.9 cm³/mol. The fourth-order valence-corrected chi connectivity index (χ4v) is 4.06. The van der Waals surface area contributed by atoms with Crippen molar-refractivity contribution in [3.63, 3.8) is 0 Å². The van der Waals surface area contributed by atoms with E-state index < -0.39 is 0 Å². The van der Waals surface area contributed by atoms with Crippen LogP contribution in [0.3, 0.4) is 0 Å². The minimum absolute atomic E-state index is 0.0359. The average molecular weight is 327 g/mol. The van der Waals surface area contributed by atoms with Crippen LogP contribution in [0.25, 0.3) is 0 Å². The van der Waals surface area contributed by atoms with E-state index in [1.807, 2.05) is 31.1 Å². The molecule has 1 N–H and O–H groups in total. The standard InChI is InChI=1S/C18H21N3OS/c1-12-6-7-13-10-16(23-15(13)9-12)18(22)20-11-14-5-4-8-19-17(14)21(2)3/h4-9,16H,10-11H2,1-3H3,(H,20,22)/t16-/m1/s1. The zero-order chi connectivity index (χ0) is 16.4. The monoisotopic (exact) mass is 327 g/mol. The van der Waals surface area contributed by atoms with Crippen molar-refractivity contribution in [1.82, 2.24) is 10.3 Å². The second kappa shape index (κ2) is 6.62. The molecule has 1 aliphatic heterocycles. The Labute approximate surface area is 141 Å². The highest BCUT2D eigenvalue weighted by Crippen LogP contribution is 2.37. The van der Waals surface area contributed by atoms with Gasteiger partial charge in [0.1, 0.15) is 5.82 Å². The van der Waals surface area contributed by atoms with Gasteiger partial charge in [0.25, 0.3) is 0 Å². The predicted octanol–water partition coefficient (Wildman–Crippen LogP) is 2.79. The quantitative estimate of drug-likeness (QED) is 0.938. The lowest BCUT2D eigenvalue weighted by molar-refractivity contribution is -0.120. The largest absolute Gasteiger partial charge is 0.362 e. The van der Waals surface area contributed by atoms with Crippen molar-refractivity contribution in [2.75, 3.05) is 19.0 Å². The number of hydrogen-bond donors (Lipinski definition) is 1. The summed E-state index contributed by atoms with van der Waals surface area (Å²) in [6.45, 7) is 2.59. The molecule has 0 bridgehead atoms. The Kier molecular flexibility index (Phi) is 4.57. The number of anilines is 1. The molecule has 1 aliphatic rings.